The Morgan fingerprint density at radius 2 is 2.06 bits per heavy atom. The van der Waals surface area contributed by atoms with E-state index in [1.807, 2.05) is 43.5 Å². The maximum atomic E-state index is 8.62. The van der Waals surface area contributed by atoms with Crippen LogP contribution in [0.25, 0.3) is 11.3 Å². The minimum absolute atomic E-state index is 0.178. The third-order valence-electron chi connectivity index (χ3n) is 2.30. The van der Waals surface area contributed by atoms with Gasteiger partial charge in [0.15, 0.2) is 0 Å². The highest BCUT2D eigenvalue weighted by atomic mass is 32.1. The van der Waals surface area contributed by atoms with Gasteiger partial charge in [0.1, 0.15) is 10.8 Å². The summed E-state index contributed by atoms with van der Waals surface area (Å²) in [6.07, 6.45) is 0.552. The van der Waals surface area contributed by atoms with Crippen molar-refractivity contribution in [3.05, 3.63) is 34.7 Å². The lowest BCUT2D eigenvalue weighted by molar-refractivity contribution is 0.242. The summed E-state index contributed by atoms with van der Waals surface area (Å²) in [5.41, 5.74) is 1.97. The molecule has 18 heavy (non-hydrogen) atoms. The molecule has 0 saturated carbocycles. The van der Waals surface area contributed by atoms with Gasteiger partial charge in [0.25, 0.3) is 0 Å². The molecule has 0 aliphatic carbocycles. The van der Waals surface area contributed by atoms with Gasteiger partial charge in [-0.25, -0.2) is 4.98 Å². The largest absolute Gasteiger partial charge is 0.491 e. The molecule has 1 aromatic heterocycles. The monoisotopic (exact) mass is 258 g/mol. The van der Waals surface area contributed by atoms with Gasteiger partial charge < -0.3 is 4.74 Å². The molecular weight excluding hydrogens is 244 g/mol. The molecule has 0 spiro atoms. The number of benzene rings is 1. The molecule has 92 valence electrons. The molecule has 0 amide bonds. The third kappa shape index (κ3) is 3.08. The maximum Gasteiger partial charge on any atom is 0.119 e. The summed E-state index contributed by atoms with van der Waals surface area (Å²) in [7, 11) is 0. The van der Waals surface area contributed by atoms with E-state index < -0.39 is 0 Å². The highest BCUT2D eigenvalue weighted by molar-refractivity contribution is 7.10. The predicted octanol–water partition coefficient (Wildman–Crippen LogP) is 3.66. The SMILES string of the molecule is CC(C)Oc1ccc(-c2csc(CC#N)n2)cc1. The van der Waals surface area contributed by atoms with Crippen LogP contribution in [-0.4, -0.2) is 11.1 Å². The first-order chi connectivity index (χ1) is 8.69. The number of ether oxygens (including phenoxy) is 1. The van der Waals surface area contributed by atoms with E-state index in [0.29, 0.717) is 6.42 Å². The number of nitriles is 1. The van der Waals surface area contributed by atoms with E-state index >= 15 is 0 Å². The third-order valence-corrected chi connectivity index (χ3v) is 3.15. The standard InChI is InChI=1S/C14H14N2OS/c1-10(2)17-12-5-3-11(4-6-12)13-9-18-14(16-13)7-8-15/h3-6,9-10H,7H2,1-2H3. The van der Waals surface area contributed by atoms with Crippen molar-refractivity contribution in [2.45, 2.75) is 26.4 Å². The van der Waals surface area contributed by atoms with Crippen LogP contribution in [0.3, 0.4) is 0 Å². The van der Waals surface area contributed by atoms with Crippen molar-refractivity contribution < 1.29 is 4.74 Å². The topological polar surface area (TPSA) is 45.9 Å². The van der Waals surface area contributed by atoms with Gasteiger partial charge in [-0.05, 0) is 38.1 Å². The second-order valence-electron chi connectivity index (χ2n) is 4.15. The fraction of sp³-hybridized carbons (Fsp3) is 0.286. The van der Waals surface area contributed by atoms with E-state index in [-0.39, 0.29) is 6.10 Å². The van der Waals surface area contributed by atoms with Crippen LogP contribution in [0.4, 0.5) is 0 Å². The van der Waals surface area contributed by atoms with Gasteiger partial charge in [0.05, 0.1) is 24.3 Å². The molecule has 1 aromatic carbocycles. The van der Waals surface area contributed by atoms with Gasteiger partial charge in [-0.15, -0.1) is 11.3 Å². The van der Waals surface area contributed by atoms with E-state index in [9.17, 15) is 0 Å². The quantitative estimate of drug-likeness (QED) is 0.840. The van der Waals surface area contributed by atoms with Crippen LogP contribution in [0, 0.1) is 11.3 Å². The van der Waals surface area contributed by atoms with Crippen molar-refractivity contribution in [1.82, 2.24) is 4.98 Å². The van der Waals surface area contributed by atoms with Crippen LogP contribution < -0.4 is 4.74 Å². The first kappa shape index (κ1) is 12.6. The average Bonchev–Trinajstić information content (AvgIpc) is 2.78. The van der Waals surface area contributed by atoms with Crippen LogP contribution in [0.1, 0.15) is 18.9 Å². The number of rotatable bonds is 4. The Bertz CT molecular complexity index is 552. The number of aromatic nitrogens is 1. The molecule has 0 bridgehead atoms. The zero-order valence-corrected chi connectivity index (χ0v) is 11.2. The van der Waals surface area contributed by atoms with Crippen molar-refractivity contribution in [3.8, 4) is 23.1 Å². The Balaban J connectivity index is 2.15. The lowest BCUT2D eigenvalue weighted by Crippen LogP contribution is -2.05. The number of thiazole rings is 1. The fourth-order valence-electron chi connectivity index (χ4n) is 1.57. The Labute approximate surface area is 111 Å². The smallest absolute Gasteiger partial charge is 0.119 e. The zero-order valence-electron chi connectivity index (χ0n) is 10.4. The van der Waals surface area contributed by atoms with E-state index in [1.54, 1.807) is 0 Å². The van der Waals surface area contributed by atoms with E-state index in [0.717, 1.165) is 22.0 Å². The number of hydrogen-bond acceptors (Lipinski definition) is 4. The fourth-order valence-corrected chi connectivity index (χ4v) is 2.30. The van der Waals surface area contributed by atoms with Crippen LogP contribution in [0.5, 0.6) is 5.75 Å². The van der Waals surface area contributed by atoms with Crippen molar-refractivity contribution >= 4 is 11.3 Å². The minimum atomic E-state index is 0.178. The lowest BCUT2D eigenvalue weighted by Gasteiger charge is -2.09. The van der Waals surface area contributed by atoms with Gasteiger partial charge in [0, 0.05) is 10.9 Å². The summed E-state index contributed by atoms with van der Waals surface area (Å²) in [5, 5.41) is 11.5. The molecule has 0 aliphatic heterocycles. The van der Waals surface area contributed by atoms with E-state index in [1.165, 1.54) is 11.3 Å². The van der Waals surface area contributed by atoms with Crippen molar-refractivity contribution in [2.75, 3.05) is 0 Å². The normalized spacial score (nSPS) is 10.3. The predicted molar refractivity (Wildman–Crippen MR) is 72.6 cm³/mol. The Morgan fingerprint density at radius 3 is 2.67 bits per heavy atom. The molecule has 0 radical (unpaired) electrons. The molecule has 0 fully saturated rings. The van der Waals surface area contributed by atoms with Gasteiger partial charge >= 0.3 is 0 Å². The highest BCUT2D eigenvalue weighted by Gasteiger charge is 2.05. The zero-order chi connectivity index (χ0) is 13.0. The Kier molecular flexibility index (Phi) is 3.96. The molecule has 4 heteroatoms. The molecule has 1 heterocycles. The molecule has 2 aromatic rings. The van der Waals surface area contributed by atoms with Crippen LogP contribution >= 0.6 is 11.3 Å². The number of hydrogen-bond donors (Lipinski definition) is 0. The van der Waals surface area contributed by atoms with Crippen LogP contribution in [0.2, 0.25) is 0 Å². The summed E-state index contributed by atoms with van der Waals surface area (Å²) in [5.74, 6) is 0.862. The van der Waals surface area contributed by atoms with Gasteiger partial charge in [-0.1, -0.05) is 0 Å². The molecular formula is C14H14N2OS. The van der Waals surface area contributed by atoms with Gasteiger partial charge in [0.2, 0.25) is 0 Å². The first-order valence-electron chi connectivity index (χ1n) is 5.77. The molecule has 0 N–H and O–H groups in total. The van der Waals surface area contributed by atoms with Gasteiger partial charge in [-0.2, -0.15) is 5.26 Å². The Hall–Kier alpha value is -1.86. The van der Waals surface area contributed by atoms with E-state index in [2.05, 4.69) is 11.1 Å². The van der Waals surface area contributed by atoms with Crippen LogP contribution in [0.15, 0.2) is 29.6 Å². The molecule has 3 nitrogen and oxygen atoms in total. The molecule has 0 atom stereocenters. The summed E-state index contributed by atoms with van der Waals surface area (Å²) in [6, 6.07) is 9.97. The number of nitrogens with zero attached hydrogens (tertiary/aromatic N) is 2. The summed E-state index contributed by atoms with van der Waals surface area (Å²) in [6.45, 7) is 4.00. The van der Waals surface area contributed by atoms with Crippen molar-refractivity contribution in [2.24, 2.45) is 0 Å². The molecule has 2 rings (SSSR count). The lowest BCUT2D eigenvalue weighted by atomic mass is 10.2. The Morgan fingerprint density at radius 1 is 1.33 bits per heavy atom. The minimum Gasteiger partial charge on any atom is -0.491 e. The van der Waals surface area contributed by atoms with Crippen molar-refractivity contribution in [3.63, 3.8) is 0 Å². The average molecular weight is 258 g/mol. The summed E-state index contributed by atoms with van der Waals surface area (Å²) < 4.78 is 5.59. The second kappa shape index (κ2) is 5.65. The van der Waals surface area contributed by atoms with Crippen molar-refractivity contribution in [1.29, 1.82) is 5.26 Å². The van der Waals surface area contributed by atoms with E-state index in [4.69, 9.17) is 10.00 Å². The summed E-state index contributed by atoms with van der Waals surface area (Å²) >= 11 is 1.52. The maximum absolute atomic E-state index is 8.62. The summed E-state index contributed by atoms with van der Waals surface area (Å²) in [4.78, 5) is 4.42. The second-order valence-corrected chi connectivity index (χ2v) is 5.10. The first-order valence-corrected chi connectivity index (χ1v) is 6.65. The van der Waals surface area contributed by atoms with Gasteiger partial charge in [-0.3, -0.25) is 0 Å². The van der Waals surface area contributed by atoms with Crippen LogP contribution in [-0.2, 0) is 6.42 Å². The molecule has 0 unspecified atom stereocenters. The highest BCUT2D eigenvalue weighted by Crippen LogP contribution is 2.24. The molecule has 0 saturated heterocycles. The molecule has 0 aliphatic rings.